The summed E-state index contributed by atoms with van der Waals surface area (Å²) in [6, 6.07) is 0. The van der Waals surface area contributed by atoms with Gasteiger partial charge in [0.05, 0.1) is 0 Å². The second kappa shape index (κ2) is 3.98. The normalized spacial score (nSPS) is 44.3. The van der Waals surface area contributed by atoms with Crippen LogP contribution in [0.15, 0.2) is 0 Å². The van der Waals surface area contributed by atoms with Crippen LogP contribution in [0.5, 0.6) is 0 Å². The van der Waals surface area contributed by atoms with Gasteiger partial charge in [0.15, 0.2) is 0 Å². The first-order valence-electron chi connectivity index (χ1n) is 7.69. The van der Waals surface area contributed by atoms with Gasteiger partial charge < -0.3 is 5.32 Å². The Morgan fingerprint density at radius 3 is 1.88 bits per heavy atom. The molecule has 0 atom stereocenters. The topological polar surface area (TPSA) is 12.0 Å². The van der Waals surface area contributed by atoms with E-state index in [-0.39, 0.29) is 0 Å². The number of nitrogens with one attached hydrogen (secondary N) is 1. The molecule has 1 N–H and O–H groups in total. The summed E-state index contributed by atoms with van der Waals surface area (Å²) in [6.45, 7) is 6.30. The van der Waals surface area contributed by atoms with E-state index in [1.807, 2.05) is 0 Å². The summed E-state index contributed by atoms with van der Waals surface area (Å²) in [7, 11) is 2.09. The molecule has 98 valence electrons. The van der Waals surface area contributed by atoms with E-state index in [0.29, 0.717) is 10.8 Å². The van der Waals surface area contributed by atoms with Crippen molar-refractivity contribution in [3.63, 3.8) is 0 Å². The largest absolute Gasteiger partial charge is 0.320 e. The van der Waals surface area contributed by atoms with E-state index in [0.717, 1.165) is 17.8 Å². The van der Waals surface area contributed by atoms with Crippen molar-refractivity contribution in [3.05, 3.63) is 0 Å². The maximum Gasteiger partial charge on any atom is -0.00466 e. The molecule has 17 heavy (non-hydrogen) atoms. The minimum absolute atomic E-state index is 0.548. The molecule has 0 unspecified atom stereocenters. The van der Waals surface area contributed by atoms with Gasteiger partial charge in [-0.2, -0.15) is 0 Å². The highest BCUT2D eigenvalue weighted by molar-refractivity contribution is 5.06. The summed E-state index contributed by atoms with van der Waals surface area (Å²) in [5.74, 6) is 3.28. The molecule has 1 heteroatoms. The molecule has 4 aliphatic rings. The van der Waals surface area contributed by atoms with Gasteiger partial charge in [0.25, 0.3) is 0 Å². The Labute approximate surface area is 107 Å². The van der Waals surface area contributed by atoms with Gasteiger partial charge in [0, 0.05) is 0 Å². The summed E-state index contributed by atoms with van der Waals surface area (Å²) in [6.07, 6.45) is 10.7. The van der Waals surface area contributed by atoms with Crippen molar-refractivity contribution < 1.29 is 0 Å². The van der Waals surface area contributed by atoms with Crippen molar-refractivity contribution >= 4 is 0 Å². The zero-order chi connectivity index (χ0) is 12.1. The zero-order valence-electron chi connectivity index (χ0n) is 11.9. The molecule has 1 nitrogen and oxygen atoms in total. The van der Waals surface area contributed by atoms with Gasteiger partial charge in [-0.1, -0.05) is 13.8 Å². The lowest BCUT2D eigenvalue weighted by atomic mass is 9.43. The van der Waals surface area contributed by atoms with Gasteiger partial charge in [-0.3, -0.25) is 0 Å². The Hall–Kier alpha value is -0.0400. The van der Waals surface area contributed by atoms with Crippen LogP contribution < -0.4 is 5.32 Å². The molecule has 0 amide bonds. The molecule has 0 aromatic heterocycles. The first-order chi connectivity index (χ1) is 8.05. The molecule has 4 aliphatic carbocycles. The molecule has 0 aromatic rings. The quantitative estimate of drug-likeness (QED) is 0.780. The summed E-state index contributed by atoms with van der Waals surface area (Å²) in [4.78, 5) is 0. The van der Waals surface area contributed by atoms with Gasteiger partial charge in [0.1, 0.15) is 0 Å². The zero-order valence-corrected chi connectivity index (χ0v) is 11.9. The lowest BCUT2D eigenvalue weighted by Crippen LogP contribution is -2.53. The summed E-state index contributed by atoms with van der Waals surface area (Å²) < 4.78 is 0. The third-order valence-corrected chi connectivity index (χ3v) is 6.47. The van der Waals surface area contributed by atoms with Crippen molar-refractivity contribution in [1.82, 2.24) is 5.32 Å². The fourth-order valence-corrected chi connectivity index (χ4v) is 5.64. The Morgan fingerprint density at radius 1 is 1.00 bits per heavy atom. The maximum atomic E-state index is 3.36. The van der Waals surface area contributed by atoms with Crippen LogP contribution in [0.4, 0.5) is 0 Å². The smallest absolute Gasteiger partial charge is 0.00466 e. The number of hydrogen-bond donors (Lipinski definition) is 1. The van der Waals surface area contributed by atoms with E-state index in [2.05, 4.69) is 26.2 Å². The summed E-state index contributed by atoms with van der Waals surface area (Å²) in [5, 5.41) is 3.36. The fourth-order valence-electron chi connectivity index (χ4n) is 5.64. The van der Waals surface area contributed by atoms with Crippen LogP contribution in [0.3, 0.4) is 0 Å². The van der Waals surface area contributed by atoms with Crippen LogP contribution in [0.25, 0.3) is 0 Å². The molecular formula is C16H29N. The van der Waals surface area contributed by atoms with Crippen molar-refractivity contribution in [2.45, 2.75) is 58.8 Å². The minimum Gasteiger partial charge on any atom is -0.320 e. The van der Waals surface area contributed by atoms with Crippen molar-refractivity contribution in [1.29, 1.82) is 0 Å². The molecule has 0 heterocycles. The lowest BCUT2D eigenvalue weighted by Gasteiger charge is -2.62. The molecule has 0 aliphatic heterocycles. The molecule has 0 spiro atoms. The third-order valence-electron chi connectivity index (χ3n) is 6.47. The van der Waals surface area contributed by atoms with Crippen LogP contribution in [0.2, 0.25) is 0 Å². The first-order valence-corrected chi connectivity index (χ1v) is 7.69. The molecule has 4 rings (SSSR count). The van der Waals surface area contributed by atoms with E-state index in [4.69, 9.17) is 0 Å². The third kappa shape index (κ3) is 1.85. The van der Waals surface area contributed by atoms with Crippen LogP contribution in [-0.2, 0) is 0 Å². The van der Waals surface area contributed by atoms with Crippen LogP contribution in [0.1, 0.15) is 58.8 Å². The minimum atomic E-state index is 0.548. The fraction of sp³-hybridized carbons (Fsp3) is 1.00. The Kier molecular flexibility index (Phi) is 2.81. The Morgan fingerprint density at radius 2 is 1.47 bits per heavy atom. The van der Waals surface area contributed by atoms with Crippen LogP contribution in [-0.4, -0.2) is 13.6 Å². The summed E-state index contributed by atoms with van der Waals surface area (Å²) in [5.41, 5.74) is 1.25. The van der Waals surface area contributed by atoms with Crippen molar-refractivity contribution in [2.24, 2.45) is 28.6 Å². The first kappa shape index (κ1) is 12.0. The van der Waals surface area contributed by atoms with Gasteiger partial charge >= 0.3 is 0 Å². The number of rotatable bonds is 4. The maximum absolute atomic E-state index is 3.36. The van der Waals surface area contributed by atoms with Gasteiger partial charge in [-0.15, -0.1) is 0 Å². The summed E-state index contributed by atoms with van der Waals surface area (Å²) >= 11 is 0. The van der Waals surface area contributed by atoms with E-state index < -0.39 is 0 Å². The second-order valence-electron chi connectivity index (χ2n) is 7.94. The molecule has 4 bridgehead atoms. The van der Waals surface area contributed by atoms with E-state index in [1.165, 1.54) is 13.0 Å². The van der Waals surface area contributed by atoms with Gasteiger partial charge in [0.2, 0.25) is 0 Å². The monoisotopic (exact) mass is 235 g/mol. The predicted octanol–water partition coefficient (Wildman–Crippen LogP) is 3.84. The molecular weight excluding hydrogens is 206 g/mol. The van der Waals surface area contributed by atoms with Gasteiger partial charge in [-0.05, 0) is 87.1 Å². The highest BCUT2D eigenvalue weighted by Gasteiger charge is 2.56. The van der Waals surface area contributed by atoms with E-state index in [9.17, 15) is 0 Å². The highest BCUT2D eigenvalue weighted by atomic mass is 14.8. The highest BCUT2D eigenvalue weighted by Crippen LogP contribution is 2.66. The van der Waals surface area contributed by atoms with E-state index >= 15 is 0 Å². The average molecular weight is 235 g/mol. The number of hydrogen-bond acceptors (Lipinski definition) is 1. The molecule has 4 saturated carbocycles. The average Bonchev–Trinajstić information content (AvgIpc) is 2.24. The Bertz CT molecular complexity index is 257. The Balaban J connectivity index is 1.81. The van der Waals surface area contributed by atoms with Crippen molar-refractivity contribution in [3.8, 4) is 0 Å². The van der Waals surface area contributed by atoms with Crippen LogP contribution >= 0.6 is 0 Å². The molecule has 0 saturated heterocycles. The molecule has 0 aromatic carbocycles. The standard InChI is InChI=1S/C16H29N/c1-15(2,4-5-17-3)16-9-12-6-13(10-16)8-14(7-12)11-16/h12-14,17H,4-11H2,1-3H3. The predicted molar refractivity (Wildman–Crippen MR) is 72.9 cm³/mol. The van der Waals surface area contributed by atoms with Crippen LogP contribution in [0, 0.1) is 28.6 Å². The van der Waals surface area contributed by atoms with E-state index in [1.54, 1.807) is 38.5 Å². The second-order valence-corrected chi connectivity index (χ2v) is 7.94. The SMILES string of the molecule is CNCCC(C)(C)C12CC3CC(CC(C3)C1)C2. The molecule has 0 radical (unpaired) electrons. The molecule has 4 fully saturated rings. The van der Waals surface area contributed by atoms with Crippen molar-refractivity contribution in [2.75, 3.05) is 13.6 Å². The van der Waals surface area contributed by atoms with Gasteiger partial charge in [-0.25, -0.2) is 0 Å². The lowest BCUT2D eigenvalue weighted by molar-refractivity contribution is -0.121.